The lowest BCUT2D eigenvalue weighted by molar-refractivity contribution is 0.142. The molecular weight excluding hydrogens is 568 g/mol. The quantitative estimate of drug-likeness (QED) is 0.257. The van der Waals surface area contributed by atoms with Gasteiger partial charge in [0.1, 0.15) is 18.0 Å². The molecule has 14 heteroatoms. The van der Waals surface area contributed by atoms with Crippen molar-refractivity contribution >= 4 is 40.3 Å². The normalized spacial score (nSPS) is 16.8. The molecule has 0 saturated carbocycles. The minimum atomic E-state index is -0.895. The predicted molar refractivity (Wildman–Crippen MR) is 165 cm³/mol. The summed E-state index contributed by atoms with van der Waals surface area (Å²) in [7, 11) is 4.71. The van der Waals surface area contributed by atoms with E-state index >= 15 is 0 Å². The van der Waals surface area contributed by atoms with Crippen LogP contribution in [-0.4, -0.2) is 107 Å². The third kappa shape index (κ3) is 5.55. The maximum Gasteiger partial charge on any atom is 0.407 e. The summed E-state index contributed by atoms with van der Waals surface area (Å²) < 4.78 is 18.3. The lowest BCUT2D eigenvalue weighted by Gasteiger charge is -2.34. The topological polar surface area (TPSA) is 151 Å². The third-order valence-corrected chi connectivity index (χ3v) is 8.21. The molecule has 2 aromatic heterocycles. The first kappa shape index (κ1) is 29.1. The molecule has 0 aliphatic carbocycles. The largest absolute Gasteiger partial charge is 0.493 e. The Morgan fingerprint density at radius 1 is 0.977 bits per heavy atom. The average Bonchev–Trinajstić information content (AvgIpc) is 3.73. The number of fused-ring (bicyclic) bond motifs is 1. The number of aliphatic hydroxyl groups is 1. The van der Waals surface area contributed by atoms with Crippen molar-refractivity contribution in [3.63, 3.8) is 0 Å². The van der Waals surface area contributed by atoms with Gasteiger partial charge in [-0.25, -0.2) is 14.8 Å². The van der Waals surface area contributed by atoms with Gasteiger partial charge in [0.25, 0.3) is 0 Å². The Bertz CT molecular complexity index is 1630. The number of ether oxygens (including phenoxy) is 3. The van der Waals surface area contributed by atoms with Crippen molar-refractivity contribution in [3.8, 4) is 22.9 Å². The van der Waals surface area contributed by atoms with Crippen LogP contribution in [0.5, 0.6) is 17.2 Å². The average molecular weight is 605 g/mol. The fraction of sp³-hybridized carbons (Fsp3) is 0.400. The molecule has 232 valence electrons. The van der Waals surface area contributed by atoms with Gasteiger partial charge < -0.3 is 49.0 Å². The van der Waals surface area contributed by atoms with E-state index in [0.717, 1.165) is 41.7 Å². The number of piperazine rings is 1. The molecule has 4 heterocycles. The number of aliphatic hydroxyl groups excluding tert-OH is 1. The van der Waals surface area contributed by atoms with Crippen LogP contribution >= 0.6 is 0 Å². The van der Waals surface area contributed by atoms with E-state index in [4.69, 9.17) is 24.2 Å². The van der Waals surface area contributed by atoms with Crippen molar-refractivity contribution in [1.29, 1.82) is 0 Å². The summed E-state index contributed by atoms with van der Waals surface area (Å²) in [6.07, 6.45) is 4.45. The predicted octanol–water partition coefficient (Wildman–Crippen LogP) is 3.35. The fourth-order valence-corrected chi connectivity index (χ4v) is 5.84. The summed E-state index contributed by atoms with van der Waals surface area (Å²) in [6.45, 7) is 2.85. The van der Waals surface area contributed by atoms with Gasteiger partial charge in [-0.3, -0.25) is 0 Å². The SMILES string of the molecule is COc1cc(-n2cnc(Nc3nc(N4CCC[C@H]4CO)nc4cc(N5CCN(C(=O)O)CC5)ccc34)c2)cc(OC)c1OC. The molecule has 44 heavy (non-hydrogen) atoms. The number of nitrogens with zero attached hydrogens (tertiary/aromatic N) is 7. The fourth-order valence-electron chi connectivity index (χ4n) is 5.84. The molecule has 2 aromatic carbocycles. The van der Waals surface area contributed by atoms with Crippen LogP contribution < -0.4 is 29.3 Å². The van der Waals surface area contributed by atoms with Gasteiger partial charge in [0, 0.05) is 55.9 Å². The number of benzene rings is 2. The molecule has 3 N–H and O–H groups in total. The molecule has 0 radical (unpaired) electrons. The summed E-state index contributed by atoms with van der Waals surface area (Å²) in [5.74, 6) is 3.25. The Kier molecular flexibility index (Phi) is 8.15. The van der Waals surface area contributed by atoms with Crippen LogP contribution in [0.25, 0.3) is 16.6 Å². The summed E-state index contributed by atoms with van der Waals surface area (Å²) in [6, 6.07) is 9.63. The van der Waals surface area contributed by atoms with Crippen LogP contribution in [0, 0.1) is 0 Å². The number of amides is 1. The number of nitrogens with one attached hydrogen (secondary N) is 1. The lowest BCUT2D eigenvalue weighted by atomic mass is 10.1. The minimum Gasteiger partial charge on any atom is -0.493 e. The molecule has 0 unspecified atom stereocenters. The highest BCUT2D eigenvalue weighted by Crippen LogP contribution is 2.39. The van der Waals surface area contributed by atoms with Gasteiger partial charge in [0.2, 0.25) is 11.7 Å². The third-order valence-electron chi connectivity index (χ3n) is 8.21. The van der Waals surface area contributed by atoms with Gasteiger partial charge in [-0.15, -0.1) is 0 Å². The summed E-state index contributed by atoms with van der Waals surface area (Å²) in [5.41, 5.74) is 2.47. The molecule has 0 bridgehead atoms. The zero-order valence-corrected chi connectivity index (χ0v) is 24.9. The first-order chi connectivity index (χ1) is 21.4. The van der Waals surface area contributed by atoms with Gasteiger partial charge >= 0.3 is 6.09 Å². The Labute approximate surface area is 254 Å². The van der Waals surface area contributed by atoms with Crippen molar-refractivity contribution < 1.29 is 29.2 Å². The van der Waals surface area contributed by atoms with Crippen molar-refractivity contribution in [2.24, 2.45) is 0 Å². The van der Waals surface area contributed by atoms with Crippen LogP contribution in [0.4, 0.5) is 28.1 Å². The Morgan fingerprint density at radius 2 is 1.73 bits per heavy atom. The second-order valence-corrected chi connectivity index (χ2v) is 10.7. The second kappa shape index (κ2) is 12.3. The number of carboxylic acid groups (broad SMARTS) is 1. The monoisotopic (exact) mass is 604 g/mol. The Hall–Kier alpha value is -4.98. The van der Waals surface area contributed by atoms with E-state index in [1.807, 2.05) is 41.1 Å². The van der Waals surface area contributed by atoms with E-state index in [1.54, 1.807) is 27.7 Å². The van der Waals surface area contributed by atoms with Gasteiger partial charge in [0.05, 0.1) is 51.4 Å². The van der Waals surface area contributed by atoms with Crippen LogP contribution in [-0.2, 0) is 0 Å². The molecule has 2 aliphatic heterocycles. The molecule has 14 nitrogen and oxygen atoms in total. The number of carbonyl (C=O) groups is 1. The molecule has 2 aliphatic rings. The molecule has 2 fully saturated rings. The van der Waals surface area contributed by atoms with Gasteiger partial charge in [-0.1, -0.05) is 0 Å². The first-order valence-electron chi connectivity index (χ1n) is 14.5. The van der Waals surface area contributed by atoms with Crippen molar-refractivity contribution in [2.45, 2.75) is 18.9 Å². The first-order valence-corrected chi connectivity index (χ1v) is 14.5. The standard InChI is InChI=1S/C30H36N8O6/c1-42-24-14-21(15-25(43-2)27(24)44-3)37-16-26(31-18-37)33-28-22-7-6-19(35-9-11-36(12-10-35)30(40)41)13-23(22)32-29(34-28)38-8-4-5-20(38)17-39/h6-7,13-16,18,20,39H,4-5,8-12,17H2,1-3H3,(H,40,41)(H,32,33,34)/t20-/m0/s1. The van der Waals surface area contributed by atoms with Crippen LogP contribution in [0.2, 0.25) is 0 Å². The van der Waals surface area contributed by atoms with E-state index in [1.165, 1.54) is 4.90 Å². The smallest absolute Gasteiger partial charge is 0.407 e. The van der Waals surface area contributed by atoms with Crippen LogP contribution in [0.1, 0.15) is 12.8 Å². The maximum absolute atomic E-state index is 11.4. The Morgan fingerprint density at radius 3 is 2.39 bits per heavy atom. The van der Waals surface area contributed by atoms with E-state index in [0.29, 0.717) is 61.0 Å². The second-order valence-electron chi connectivity index (χ2n) is 10.7. The highest BCUT2D eigenvalue weighted by molar-refractivity contribution is 5.93. The number of rotatable bonds is 9. The van der Waals surface area contributed by atoms with E-state index < -0.39 is 6.09 Å². The van der Waals surface area contributed by atoms with Gasteiger partial charge in [-0.05, 0) is 31.0 Å². The maximum atomic E-state index is 11.4. The van der Waals surface area contributed by atoms with Gasteiger partial charge in [0.15, 0.2) is 11.5 Å². The number of aromatic nitrogens is 4. The van der Waals surface area contributed by atoms with Crippen molar-refractivity contribution in [1.82, 2.24) is 24.4 Å². The molecule has 1 atom stereocenters. The zero-order chi connectivity index (χ0) is 30.8. The molecule has 2 saturated heterocycles. The number of hydrogen-bond acceptors (Lipinski definition) is 11. The molecule has 0 spiro atoms. The van der Waals surface area contributed by atoms with Crippen molar-refractivity contribution in [3.05, 3.63) is 42.9 Å². The number of methoxy groups -OCH3 is 3. The highest BCUT2D eigenvalue weighted by atomic mass is 16.5. The van der Waals surface area contributed by atoms with E-state index in [9.17, 15) is 15.0 Å². The lowest BCUT2D eigenvalue weighted by Crippen LogP contribution is -2.48. The highest BCUT2D eigenvalue weighted by Gasteiger charge is 2.28. The summed E-state index contributed by atoms with van der Waals surface area (Å²) in [5, 5.41) is 23.5. The molecule has 1 amide bonds. The number of anilines is 4. The van der Waals surface area contributed by atoms with Crippen molar-refractivity contribution in [2.75, 3.05) is 75.8 Å². The Balaban J connectivity index is 1.34. The minimum absolute atomic E-state index is 0.0250. The summed E-state index contributed by atoms with van der Waals surface area (Å²) in [4.78, 5) is 31.4. The molecule has 6 rings (SSSR count). The summed E-state index contributed by atoms with van der Waals surface area (Å²) >= 11 is 0. The van der Waals surface area contributed by atoms with E-state index in [-0.39, 0.29) is 12.6 Å². The molecular formula is C30H36N8O6. The molecule has 4 aromatic rings. The van der Waals surface area contributed by atoms with E-state index in [2.05, 4.69) is 20.1 Å². The zero-order valence-electron chi connectivity index (χ0n) is 24.9. The van der Waals surface area contributed by atoms with Gasteiger partial charge in [-0.2, -0.15) is 4.98 Å². The van der Waals surface area contributed by atoms with Crippen LogP contribution in [0.3, 0.4) is 0 Å². The number of hydrogen-bond donors (Lipinski definition) is 3. The van der Waals surface area contributed by atoms with Crippen LogP contribution in [0.15, 0.2) is 42.9 Å². The number of imidazole rings is 1.